The lowest BCUT2D eigenvalue weighted by Crippen LogP contribution is -2.42. The largest absolute Gasteiger partial charge is 0.497 e. The molecule has 1 aromatic heterocycles. The van der Waals surface area contributed by atoms with E-state index in [2.05, 4.69) is 17.1 Å². The van der Waals surface area contributed by atoms with Gasteiger partial charge < -0.3 is 19.5 Å². The summed E-state index contributed by atoms with van der Waals surface area (Å²) >= 11 is 0. The number of anilines is 1. The van der Waals surface area contributed by atoms with Gasteiger partial charge in [0, 0.05) is 44.0 Å². The average Bonchev–Trinajstić information content (AvgIpc) is 3.34. The molecule has 1 aromatic carbocycles. The minimum absolute atomic E-state index is 0.0779. The molecule has 168 valence electrons. The third-order valence-electron chi connectivity index (χ3n) is 6.74. The smallest absolute Gasteiger partial charge is 0.270 e. The molecule has 0 bridgehead atoms. The minimum Gasteiger partial charge on any atom is -0.497 e. The fourth-order valence-corrected chi connectivity index (χ4v) is 5.05. The highest BCUT2D eigenvalue weighted by Crippen LogP contribution is 2.38. The molecule has 2 saturated heterocycles. The first-order valence-corrected chi connectivity index (χ1v) is 11.6. The van der Waals surface area contributed by atoms with Crippen molar-refractivity contribution >= 4 is 28.4 Å². The first-order valence-electron chi connectivity index (χ1n) is 11.6. The van der Waals surface area contributed by atoms with E-state index in [1.54, 1.807) is 12.0 Å². The summed E-state index contributed by atoms with van der Waals surface area (Å²) in [4.78, 5) is 30.3. The lowest BCUT2D eigenvalue weighted by molar-refractivity contribution is -0.117. The Morgan fingerprint density at radius 2 is 2.06 bits per heavy atom. The molecule has 7 heteroatoms. The van der Waals surface area contributed by atoms with Gasteiger partial charge in [-0.2, -0.15) is 0 Å². The maximum absolute atomic E-state index is 13.4. The number of aryl methyl sites for hydroxylation is 1. The average molecular weight is 427 g/mol. The van der Waals surface area contributed by atoms with Crippen molar-refractivity contribution < 1.29 is 14.3 Å². The zero-order chi connectivity index (χ0) is 22.0. The number of benzene rings is 1. The number of methoxy groups -OCH3 is 1. The molecule has 1 atom stereocenters. The molecule has 2 aliphatic rings. The monoisotopic (exact) mass is 426 g/mol. The predicted molar refractivity (Wildman–Crippen MR) is 123 cm³/mol. The number of aromatic nitrogens is 1. The molecule has 0 saturated carbocycles. The highest BCUT2D eigenvalue weighted by molar-refractivity contribution is 6.14. The van der Waals surface area contributed by atoms with E-state index in [1.807, 2.05) is 29.7 Å². The molecule has 4 rings (SSSR count). The second kappa shape index (κ2) is 9.30. The summed E-state index contributed by atoms with van der Waals surface area (Å²) in [6.07, 6.45) is 5.08. The third-order valence-corrected chi connectivity index (χ3v) is 6.74. The van der Waals surface area contributed by atoms with Crippen LogP contribution in [0, 0.1) is 0 Å². The highest BCUT2D eigenvalue weighted by Gasteiger charge is 2.32. The normalized spacial score (nSPS) is 19.9. The summed E-state index contributed by atoms with van der Waals surface area (Å²) in [5, 5.41) is 4.03. The van der Waals surface area contributed by atoms with E-state index in [0.717, 1.165) is 41.9 Å². The van der Waals surface area contributed by atoms with Crippen molar-refractivity contribution in [3.05, 3.63) is 23.9 Å². The molecule has 1 N–H and O–H groups in total. The van der Waals surface area contributed by atoms with Gasteiger partial charge >= 0.3 is 0 Å². The quantitative estimate of drug-likeness (QED) is 0.737. The van der Waals surface area contributed by atoms with Gasteiger partial charge in [0.05, 0.1) is 18.3 Å². The lowest BCUT2D eigenvalue weighted by atomic mass is 10.0. The van der Waals surface area contributed by atoms with Crippen LogP contribution in [0.25, 0.3) is 10.9 Å². The standard InChI is InChI=1S/C24H34N4O3/c1-4-27-20-11-10-18(31-3)16-19(20)22(28-14-7-9-21(28)29)23(27)24(30)25-12-15-26-13-6-5-8-17(26)2/h10-11,16-17H,4-9,12-15H2,1-3H3,(H,25,30)/t17-/m0/s1. The molecule has 31 heavy (non-hydrogen) atoms. The molecule has 0 unspecified atom stereocenters. The van der Waals surface area contributed by atoms with E-state index < -0.39 is 0 Å². The Bertz CT molecular complexity index is 967. The highest BCUT2D eigenvalue weighted by atomic mass is 16.5. The van der Waals surface area contributed by atoms with Crippen LogP contribution >= 0.6 is 0 Å². The molecule has 0 radical (unpaired) electrons. The number of nitrogens with zero attached hydrogens (tertiary/aromatic N) is 3. The number of fused-ring (bicyclic) bond motifs is 1. The molecular weight excluding hydrogens is 392 g/mol. The summed E-state index contributed by atoms with van der Waals surface area (Å²) < 4.78 is 7.46. The number of carbonyl (C=O) groups excluding carboxylic acids is 2. The van der Waals surface area contributed by atoms with Gasteiger partial charge in [0.15, 0.2) is 0 Å². The van der Waals surface area contributed by atoms with E-state index in [9.17, 15) is 9.59 Å². The first kappa shape index (κ1) is 21.7. The molecule has 7 nitrogen and oxygen atoms in total. The fraction of sp³-hybridized carbons (Fsp3) is 0.583. The number of carbonyl (C=O) groups is 2. The molecule has 3 heterocycles. The van der Waals surface area contributed by atoms with Gasteiger partial charge in [0.1, 0.15) is 11.4 Å². The maximum Gasteiger partial charge on any atom is 0.270 e. The zero-order valence-corrected chi connectivity index (χ0v) is 18.9. The Labute approximate surface area is 184 Å². The SMILES string of the molecule is CCn1c(C(=O)NCCN2CCCC[C@@H]2C)c(N2CCCC2=O)c2cc(OC)ccc21. The molecule has 2 fully saturated rings. The van der Waals surface area contributed by atoms with Crippen LogP contribution in [0.5, 0.6) is 5.75 Å². The van der Waals surface area contributed by atoms with Crippen LogP contribution in [-0.4, -0.2) is 60.6 Å². The van der Waals surface area contributed by atoms with Crippen molar-refractivity contribution in [3.63, 3.8) is 0 Å². The van der Waals surface area contributed by atoms with Crippen LogP contribution in [0.1, 0.15) is 56.4 Å². The Balaban J connectivity index is 1.66. The molecule has 2 amide bonds. The summed E-state index contributed by atoms with van der Waals surface area (Å²) in [5.41, 5.74) is 2.25. The van der Waals surface area contributed by atoms with Crippen molar-refractivity contribution in [2.45, 2.75) is 58.5 Å². The number of hydrogen-bond donors (Lipinski definition) is 1. The summed E-state index contributed by atoms with van der Waals surface area (Å²) in [5.74, 6) is 0.685. The molecule has 2 aliphatic heterocycles. The first-order chi connectivity index (χ1) is 15.0. The Kier molecular flexibility index (Phi) is 6.51. The van der Waals surface area contributed by atoms with Crippen LogP contribution < -0.4 is 15.0 Å². The van der Waals surface area contributed by atoms with Crippen LogP contribution in [0.2, 0.25) is 0 Å². The van der Waals surface area contributed by atoms with Gasteiger partial charge in [-0.25, -0.2) is 0 Å². The summed E-state index contributed by atoms with van der Waals surface area (Å²) in [6, 6.07) is 6.39. The molecule has 2 aromatic rings. The minimum atomic E-state index is -0.114. The van der Waals surface area contributed by atoms with Gasteiger partial charge in [0.25, 0.3) is 5.91 Å². The van der Waals surface area contributed by atoms with Crippen LogP contribution in [0.15, 0.2) is 18.2 Å². The maximum atomic E-state index is 13.4. The van der Waals surface area contributed by atoms with Crippen LogP contribution in [0.4, 0.5) is 5.69 Å². The van der Waals surface area contributed by atoms with Crippen molar-refractivity contribution in [2.24, 2.45) is 0 Å². The number of rotatable bonds is 7. The predicted octanol–water partition coefficient (Wildman–Crippen LogP) is 3.40. The van der Waals surface area contributed by atoms with Gasteiger partial charge in [-0.1, -0.05) is 6.42 Å². The Hall–Kier alpha value is -2.54. The van der Waals surface area contributed by atoms with Crippen molar-refractivity contribution in [2.75, 3.05) is 38.2 Å². The Morgan fingerprint density at radius 1 is 1.23 bits per heavy atom. The van der Waals surface area contributed by atoms with E-state index in [1.165, 1.54) is 19.3 Å². The third kappa shape index (κ3) is 4.15. The number of ether oxygens (including phenoxy) is 1. The van der Waals surface area contributed by atoms with E-state index in [4.69, 9.17) is 4.74 Å². The Morgan fingerprint density at radius 3 is 2.74 bits per heavy atom. The molecular formula is C24H34N4O3. The number of likely N-dealkylation sites (tertiary alicyclic amines) is 1. The lowest BCUT2D eigenvalue weighted by Gasteiger charge is -2.33. The second-order valence-electron chi connectivity index (χ2n) is 8.61. The second-order valence-corrected chi connectivity index (χ2v) is 8.61. The van der Waals surface area contributed by atoms with Gasteiger partial charge in [-0.3, -0.25) is 14.5 Å². The summed E-state index contributed by atoms with van der Waals surface area (Å²) in [7, 11) is 1.63. The molecule has 0 aliphatic carbocycles. The van der Waals surface area contributed by atoms with E-state index >= 15 is 0 Å². The van der Waals surface area contributed by atoms with E-state index in [0.29, 0.717) is 37.8 Å². The summed E-state index contributed by atoms with van der Waals surface area (Å²) in [6.45, 7) is 8.14. The van der Waals surface area contributed by atoms with Crippen molar-refractivity contribution in [1.29, 1.82) is 0 Å². The number of piperidine rings is 1. The fourth-order valence-electron chi connectivity index (χ4n) is 5.05. The van der Waals surface area contributed by atoms with Crippen molar-refractivity contribution in [1.82, 2.24) is 14.8 Å². The zero-order valence-electron chi connectivity index (χ0n) is 18.9. The molecule has 0 spiro atoms. The van der Waals surface area contributed by atoms with Crippen LogP contribution in [-0.2, 0) is 11.3 Å². The number of nitrogens with one attached hydrogen (secondary N) is 1. The van der Waals surface area contributed by atoms with E-state index in [-0.39, 0.29) is 11.8 Å². The topological polar surface area (TPSA) is 66.8 Å². The van der Waals surface area contributed by atoms with Gasteiger partial charge in [-0.15, -0.1) is 0 Å². The number of hydrogen-bond acceptors (Lipinski definition) is 4. The van der Waals surface area contributed by atoms with Crippen LogP contribution in [0.3, 0.4) is 0 Å². The number of amides is 2. The van der Waals surface area contributed by atoms with Gasteiger partial charge in [-0.05, 0) is 57.9 Å². The van der Waals surface area contributed by atoms with Crippen molar-refractivity contribution in [3.8, 4) is 5.75 Å². The van der Waals surface area contributed by atoms with Gasteiger partial charge in [0.2, 0.25) is 5.91 Å².